The van der Waals surface area contributed by atoms with Crippen LogP contribution in [0.4, 0.5) is 5.00 Å². The highest BCUT2D eigenvalue weighted by Crippen LogP contribution is 2.39. The second-order valence-electron chi connectivity index (χ2n) is 6.37. The third kappa shape index (κ3) is 3.75. The second-order valence-corrected chi connectivity index (χ2v) is 7.48. The van der Waals surface area contributed by atoms with Gasteiger partial charge in [0.15, 0.2) is 6.10 Å². The number of carbonyl (C=O) groups excluding carboxylic acids is 2. The molecule has 0 spiro atoms. The molecule has 0 bridgehead atoms. The van der Waals surface area contributed by atoms with Crippen molar-refractivity contribution < 1.29 is 19.1 Å². The van der Waals surface area contributed by atoms with Gasteiger partial charge in [-0.3, -0.25) is 4.79 Å². The highest BCUT2D eigenvalue weighted by Gasteiger charge is 2.29. The lowest BCUT2D eigenvalue weighted by atomic mass is 10.1. The maximum Gasteiger partial charge on any atom is 0.341 e. The Hall–Kier alpha value is -2.34. The molecule has 0 saturated carbocycles. The summed E-state index contributed by atoms with van der Waals surface area (Å²) in [6, 6.07) is 7.61. The van der Waals surface area contributed by atoms with Crippen LogP contribution < -0.4 is 10.1 Å². The van der Waals surface area contributed by atoms with Gasteiger partial charge in [0, 0.05) is 4.88 Å². The van der Waals surface area contributed by atoms with Crippen LogP contribution in [0.15, 0.2) is 24.3 Å². The molecule has 1 aromatic heterocycles. The normalized spacial score (nSPS) is 13.8. The lowest BCUT2D eigenvalue weighted by Gasteiger charge is -2.17. The summed E-state index contributed by atoms with van der Waals surface area (Å²) in [5.41, 5.74) is 2.59. The number of thiophene rings is 1. The fraction of sp³-hybridized carbons (Fsp3) is 0.400. The molecule has 1 aliphatic rings. The zero-order valence-electron chi connectivity index (χ0n) is 15.3. The third-order valence-electron chi connectivity index (χ3n) is 4.48. The lowest BCUT2D eigenvalue weighted by molar-refractivity contribution is -0.122. The molecule has 1 aromatic carbocycles. The number of esters is 1. The monoisotopic (exact) mass is 373 g/mol. The van der Waals surface area contributed by atoms with E-state index >= 15 is 0 Å². The van der Waals surface area contributed by atoms with Crippen LogP contribution in [-0.4, -0.2) is 25.1 Å². The summed E-state index contributed by atoms with van der Waals surface area (Å²) >= 11 is 1.47. The first-order valence-corrected chi connectivity index (χ1v) is 9.62. The largest absolute Gasteiger partial charge is 0.481 e. The summed E-state index contributed by atoms with van der Waals surface area (Å²) in [4.78, 5) is 26.1. The molecule has 1 amide bonds. The molecule has 2 aromatic rings. The van der Waals surface area contributed by atoms with Crippen molar-refractivity contribution in [1.82, 2.24) is 0 Å². The minimum absolute atomic E-state index is 0.251. The van der Waals surface area contributed by atoms with Crippen molar-refractivity contribution in [2.24, 2.45) is 0 Å². The number of aryl methyl sites for hydroxylation is 2. The molecule has 6 heteroatoms. The van der Waals surface area contributed by atoms with Gasteiger partial charge in [-0.1, -0.05) is 19.1 Å². The van der Waals surface area contributed by atoms with Crippen molar-refractivity contribution in [3.63, 3.8) is 0 Å². The van der Waals surface area contributed by atoms with Crippen molar-refractivity contribution in [3.8, 4) is 5.75 Å². The predicted molar refractivity (Wildman–Crippen MR) is 102 cm³/mol. The van der Waals surface area contributed by atoms with Gasteiger partial charge in [-0.2, -0.15) is 0 Å². The topological polar surface area (TPSA) is 64.6 Å². The maximum atomic E-state index is 12.7. The number of methoxy groups -OCH3 is 1. The van der Waals surface area contributed by atoms with Gasteiger partial charge >= 0.3 is 5.97 Å². The molecule has 1 heterocycles. The van der Waals surface area contributed by atoms with Gasteiger partial charge in [-0.25, -0.2) is 4.79 Å². The number of fused-ring (bicyclic) bond motifs is 1. The summed E-state index contributed by atoms with van der Waals surface area (Å²) in [5, 5.41) is 3.46. The first-order chi connectivity index (χ1) is 12.5. The molecular formula is C20H23NO4S. The summed E-state index contributed by atoms with van der Waals surface area (Å²) in [6.07, 6.45) is 2.73. The van der Waals surface area contributed by atoms with Crippen LogP contribution in [0.25, 0.3) is 0 Å². The zero-order valence-corrected chi connectivity index (χ0v) is 16.1. The van der Waals surface area contributed by atoms with Gasteiger partial charge in [-0.15, -0.1) is 11.3 Å². The van der Waals surface area contributed by atoms with Crippen LogP contribution in [0.5, 0.6) is 5.75 Å². The number of hydrogen-bond donors (Lipinski definition) is 1. The fourth-order valence-corrected chi connectivity index (χ4v) is 4.46. The van der Waals surface area contributed by atoms with Crippen LogP contribution >= 0.6 is 11.3 Å². The SMILES string of the molecule is CCC(Oc1cccc(C)c1)C(=O)Nc1sc2c(c1C(=O)OC)CCC2. The average Bonchev–Trinajstić information content (AvgIpc) is 3.19. The molecule has 3 rings (SSSR count). The van der Waals surface area contributed by atoms with Crippen LogP contribution in [-0.2, 0) is 22.4 Å². The van der Waals surface area contributed by atoms with Gasteiger partial charge in [-0.05, 0) is 55.9 Å². The van der Waals surface area contributed by atoms with Crippen molar-refractivity contribution in [2.75, 3.05) is 12.4 Å². The molecule has 0 aliphatic heterocycles. The Kier molecular flexibility index (Phi) is 5.61. The first kappa shape index (κ1) is 18.5. The molecule has 0 fully saturated rings. The summed E-state index contributed by atoms with van der Waals surface area (Å²) in [6.45, 7) is 3.87. The van der Waals surface area contributed by atoms with E-state index in [1.165, 1.54) is 18.4 Å². The number of anilines is 1. The van der Waals surface area contributed by atoms with E-state index < -0.39 is 12.1 Å². The van der Waals surface area contributed by atoms with Gasteiger partial charge in [0.25, 0.3) is 5.91 Å². The van der Waals surface area contributed by atoms with Crippen LogP contribution in [0.1, 0.15) is 46.1 Å². The van der Waals surface area contributed by atoms with E-state index in [9.17, 15) is 9.59 Å². The average molecular weight is 373 g/mol. The quantitative estimate of drug-likeness (QED) is 0.774. The molecule has 0 saturated heterocycles. The molecule has 0 radical (unpaired) electrons. The summed E-state index contributed by atoms with van der Waals surface area (Å²) in [7, 11) is 1.36. The molecule has 138 valence electrons. The highest BCUT2D eigenvalue weighted by atomic mass is 32.1. The van der Waals surface area contributed by atoms with Gasteiger partial charge in [0.2, 0.25) is 0 Å². The Bertz CT molecular complexity index is 827. The summed E-state index contributed by atoms with van der Waals surface area (Å²) in [5.74, 6) is 0.0142. The third-order valence-corrected chi connectivity index (χ3v) is 5.69. The predicted octanol–water partition coefficient (Wildman–Crippen LogP) is 4.13. The number of amides is 1. The Morgan fingerprint density at radius 1 is 1.31 bits per heavy atom. The van der Waals surface area contributed by atoms with Gasteiger partial charge < -0.3 is 14.8 Å². The van der Waals surface area contributed by atoms with E-state index in [0.717, 1.165) is 35.3 Å². The molecule has 1 unspecified atom stereocenters. The maximum absolute atomic E-state index is 12.7. The molecule has 1 atom stereocenters. The number of nitrogens with one attached hydrogen (secondary N) is 1. The number of ether oxygens (including phenoxy) is 2. The smallest absolute Gasteiger partial charge is 0.341 e. The molecule has 1 aliphatic carbocycles. The van der Waals surface area contributed by atoms with Gasteiger partial charge in [0.1, 0.15) is 10.8 Å². The van der Waals surface area contributed by atoms with Crippen molar-refractivity contribution >= 4 is 28.2 Å². The lowest BCUT2D eigenvalue weighted by Crippen LogP contribution is -2.32. The van der Waals surface area contributed by atoms with Crippen LogP contribution in [0.2, 0.25) is 0 Å². The van der Waals surface area contributed by atoms with E-state index in [0.29, 0.717) is 22.7 Å². The standard InChI is InChI=1S/C20H23NO4S/c1-4-15(25-13-8-5-7-12(2)11-13)18(22)21-19-17(20(23)24-3)14-9-6-10-16(14)26-19/h5,7-8,11,15H,4,6,9-10H2,1-3H3,(H,21,22). The minimum Gasteiger partial charge on any atom is -0.481 e. The second kappa shape index (κ2) is 7.91. The van der Waals surface area contributed by atoms with E-state index in [1.54, 1.807) is 0 Å². The zero-order chi connectivity index (χ0) is 18.7. The highest BCUT2D eigenvalue weighted by molar-refractivity contribution is 7.17. The first-order valence-electron chi connectivity index (χ1n) is 8.80. The van der Waals surface area contributed by atoms with Crippen LogP contribution in [0.3, 0.4) is 0 Å². The molecule has 5 nitrogen and oxygen atoms in total. The Morgan fingerprint density at radius 2 is 2.12 bits per heavy atom. The number of benzene rings is 1. The number of rotatable bonds is 6. The minimum atomic E-state index is -0.626. The summed E-state index contributed by atoms with van der Waals surface area (Å²) < 4.78 is 10.8. The Labute approximate surface area is 157 Å². The van der Waals surface area contributed by atoms with Crippen molar-refractivity contribution in [3.05, 3.63) is 45.8 Å². The van der Waals surface area contributed by atoms with Crippen LogP contribution in [0, 0.1) is 6.92 Å². The number of carbonyl (C=O) groups is 2. The van der Waals surface area contributed by atoms with Gasteiger partial charge in [0.05, 0.1) is 12.7 Å². The van der Waals surface area contributed by atoms with Crippen molar-refractivity contribution in [1.29, 1.82) is 0 Å². The molecular weight excluding hydrogens is 350 g/mol. The van der Waals surface area contributed by atoms with E-state index in [4.69, 9.17) is 9.47 Å². The Balaban J connectivity index is 1.79. The number of hydrogen-bond acceptors (Lipinski definition) is 5. The molecule has 26 heavy (non-hydrogen) atoms. The van der Waals surface area contributed by atoms with Crippen molar-refractivity contribution in [2.45, 2.75) is 45.6 Å². The van der Waals surface area contributed by atoms with E-state index in [2.05, 4.69) is 5.32 Å². The van der Waals surface area contributed by atoms with E-state index in [1.807, 2.05) is 38.1 Å². The van der Waals surface area contributed by atoms with E-state index in [-0.39, 0.29) is 5.91 Å². The Morgan fingerprint density at radius 3 is 2.81 bits per heavy atom. The fourth-order valence-electron chi connectivity index (χ4n) is 3.18. The molecule has 1 N–H and O–H groups in total.